The third kappa shape index (κ3) is 4.24. The molecule has 2 N–H and O–H groups in total. The highest BCUT2D eigenvalue weighted by Crippen LogP contribution is 2.21. The molecule has 6 heteroatoms. The van der Waals surface area contributed by atoms with Crippen molar-refractivity contribution in [2.75, 3.05) is 13.1 Å². The van der Waals surface area contributed by atoms with Gasteiger partial charge in [0.1, 0.15) is 11.5 Å². The lowest BCUT2D eigenvalue weighted by atomic mass is 9.95. The number of furan rings is 1. The Kier molecular flexibility index (Phi) is 4.88. The number of carboxylic acids is 1. The van der Waals surface area contributed by atoms with Crippen molar-refractivity contribution in [3.8, 4) is 0 Å². The van der Waals surface area contributed by atoms with Crippen LogP contribution in [0.25, 0.3) is 0 Å². The van der Waals surface area contributed by atoms with E-state index >= 15 is 0 Å². The molecular weight excluding hydrogens is 272 g/mol. The molecule has 1 aliphatic heterocycles. The molecule has 2 heterocycles. The average Bonchev–Trinajstić information content (AvgIpc) is 2.85. The van der Waals surface area contributed by atoms with Crippen molar-refractivity contribution in [2.45, 2.75) is 39.2 Å². The van der Waals surface area contributed by atoms with Gasteiger partial charge in [-0.2, -0.15) is 0 Å². The summed E-state index contributed by atoms with van der Waals surface area (Å²) >= 11 is 0. The van der Waals surface area contributed by atoms with E-state index in [0.29, 0.717) is 13.1 Å². The van der Waals surface area contributed by atoms with E-state index in [2.05, 4.69) is 5.32 Å². The van der Waals surface area contributed by atoms with E-state index in [4.69, 9.17) is 9.52 Å². The van der Waals surface area contributed by atoms with E-state index in [1.54, 1.807) is 4.90 Å². The van der Waals surface area contributed by atoms with Crippen molar-refractivity contribution in [1.29, 1.82) is 0 Å². The Hall–Kier alpha value is -1.98. The van der Waals surface area contributed by atoms with Crippen molar-refractivity contribution in [1.82, 2.24) is 10.2 Å². The molecule has 0 saturated carbocycles. The smallest absolute Gasteiger partial charge is 0.317 e. The Morgan fingerprint density at radius 2 is 2.29 bits per heavy atom. The summed E-state index contributed by atoms with van der Waals surface area (Å²) in [5.74, 6) is 0.774. The zero-order valence-corrected chi connectivity index (χ0v) is 12.5. The van der Waals surface area contributed by atoms with E-state index in [1.807, 2.05) is 26.0 Å². The number of hydrogen-bond acceptors (Lipinski definition) is 3. The molecule has 21 heavy (non-hydrogen) atoms. The van der Waals surface area contributed by atoms with Gasteiger partial charge in [-0.3, -0.25) is 4.79 Å². The number of amides is 2. The molecule has 1 aromatic rings. The first kappa shape index (κ1) is 15.4. The highest BCUT2D eigenvalue weighted by Gasteiger charge is 2.26. The van der Waals surface area contributed by atoms with Crippen LogP contribution in [0.15, 0.2) is 16.5 Å². The second-order valence-corrected chi connectivity index (χ2v) is 5.67. The lowest BCUT2D eigenvalue weighted by Gasteiger charge is -2.32. The molecule has 1 saturated heterocycles. The maximum Gasteiger partial charge on any atom is 0.317 e. The molecule has 0 spiro atoms. The molecule has 116 valence electrons. The van der Waals surface area contributed by atoms with E-state index in [-0.39, 0.29) is 24.4 Å². The molecule has 6 nitrogen and oxygen atoms in total. The zero-order chi connectivity index (χ0) is 15.4. The van der Waals surface area contributed by atoms with Gasteiger partial charge in [0.25, 0.3) is 0 Å². The highest BCUT2D eigenvalue weighted by atomic mass is 16.4. The van der Waals surface area contributed by atoms with Gasteiger partial charge in [-0.05, 0) is 44.7 Å². The van der Waals surface area contributed by atoms with Crippen LogP contribution in [0.4, 0.5) is 4.79 Å². The summed E-state index contributed by atoms with van der Waals surface area (Å²) in [6.45, 7) is 4.90. The predicted molar refractivity (Wildman–Crippen MR) is 76.9 cm³/mol. The third-order valence-corrected chi connectivity index (χ3v) is 3.80. The summed E-state index contributed by atoms with van der Waals surface area (Å²) in [6.07, 6.45) is 1.83. The molecule has 2 rings (SSSR count). The molecule has 0 aliphatic carbocycles. The van der Waals surface area contributed by atoms with Crippen LogP contribution < -0.4 is 5.32 Å². The van der Waals surface area contributed by atoms with Crippen LogP contribution in [0.1, 0.15) is 43.7 Å². The van der Waals surface area contributed by atoms with Crippen molar-refractivity contribution in [3.63, 3.8) is 0 Å². The zero-order valence-electron chi connectivity index (χ0n) is 12.5. The van der Waals surface area contributed by atoms with Crippen LogP contribution in [-0.4, -0.2) is 35.1 Å². The van der Waals surface area contributed by atoms with E-state index in [9.17, 15) is 9.59 Å². The Morgan fingerprint density at radius 1 is 1.52 bits per heavy atom. The van der Waals surface area contributed by atoms with Gasteiger partial charge in [0, 0.05) is 19.5 Å². The van der Waals surface area contributed by atoms with Gasteiger partial charge < -0.3 is 19.7 Å². The lowest BCUT2D eigenvalue weighted by molar-refractivity contribution is -0.138. The molecule has 1 aromatic heterocycles. The normalized spacial score (nSPS) is 20.1. The van der Waals surface area contributed by atoms with Gasteiger partial charge in [-0.25, -0.2) is 4.79 Å². The minimum Gasteiger partial charge on any atom is -0.481 e. The number of nitrogens with one attached hydrogen (secondary N) is 1. The number of carboxylic acid groups (broad SMARTS) is 1. The van der Waals surface area contributed by atoms with Crippen LogP contribution in [0.5, 0.6) is 0 Å². The monoisotopic (exact) mass is 294 g/mol. The molecule has 2 unspecified atom stereocenters. The predicted octanol–water partition coefficient (Wildman–Crippen LogP) is 2.55. The molecule has 0 bridgehead atoms. The number of carbonyl (C=O) groups excluding carboxylic acids is 1. The van der Waals surface area contributed by atoms with Gasteiger partial charge in [0.05, 0.1) is 6.04 Å². The molecule has 1 fully saturated rings. The SMILES string of the molecule is Cc1ccc(C(C)NC(=O)N2CCCC(CC(=O)O)C2)o1. The number of likely N-dealkylation sites (tertiary alicyclic amines) is 1. The molecule has 0 radical (unpaired) electrons. The first-order valence-corrected chi connectivity index (χ1v) is 7.29. The quantitative estimate of drug-likeness (QED) is 0.894. The summed E-state index contributed by atoms with van der Waals surface area (Å²) in [6, 6.07) is 3.35. The molecular formula is C15H22N2O4. The Balaban J connectivity index is 1.89. The maximum absolute atomic E-state index is 12.2. The van der Waals surface area contributed by atoms with Crippen LogP contribution in [0.3, 0.4) is 0 Å². The first-order valence-electron chi connectivity index (χ1n) is 7.29. The van der Waals surface area contributed by atoms with E-state index in [1.165, 1.54) is 0 Å². The topological polar surface area (TPSA) is 82.8 Å². The van der Waals surface area contributed by atoms with Gasteiger partial charge in [-0.15, -0.1) is 0 Å². The van der Waals surface area contributed by atoms with Gasteiger partial charge in [-0.1, -0.05) is 0 Å². The van der Waals surface area contributed by atoms with Crippen molar-refractivity contribution in [2.24, 2.45) is 5.92 Å². The highest BCUT2D eigenvalue weighted by molar-refractivity contribution is 5.75. The van der Waals surface area contributed by atoms with Crippen molar-refractivity contribution < 1.29 is 19.1 Å². The second kappa shape index (κ2) is 6.65. The Bertz CT molecular complexity index is 512. The van der Waals surface area contributed by atoms with E-state index < -0.39 is 5.97 Å². The summed E-state index contributed by atoms with van der Waals surface area (Å²) in [4.78, 5) is 24.7. The molecule has 2 amide bonds. The fraction of sp³-hybridized carbons (Fsp3) is 0.600. The standard InChI is InChI=1S/C15H22N2O4/c1-10-5-6-13(21-10)11(2)16-15(20)17-7-3-4-12(9-17)8-14(18)19/h5-6,11-12H,3-4,7-9H2,1-2H3,(H,16,20)(H,18,19). The van der Waals surface area contributed by atoms with Crippen molar-refractivity contribution in [3.05, 3.63) is 23.7 Å². The number of aryl methyl sites for hydroxylation is 1. The number of hydrogen-bond donors (Lipinski definition) is 2. The van der Waals surface area contributed by atoms with Crippen LogP contribution in [0.2, 0.25) is 0 Å². The summed E-state index contributed by atoms with van der Waals surface area (Å²) in [7, 11) is 0. The number of rotatable bonds is 4. The Morgan fingerprint density at radius 3 is 2.90 bits per heavy atom. The van der Waals surface area contributed by atoms with Gasteiger partial charge in [0.15, 0.2) is 0 Å². The number of piperidine rings is 1. The van der Waals surface area contributed by atoms with Crippen molar-refractivity contribution >= 4 is 12.0 Å². The maximum atomic E-state index is 12.2. The summed E-state index contributed by atoms with van der Waals surface area (Å²) in [5, 5.41) is 11.8. The fourth-order valence-corrected chi connectivity index (χ4v) is 2.70. The third-order valence-electron chi connectivity index (χ3n) is 3.80. The Labute approximate surface area is 124 Å². The first-order chi connectivity index (χ1) is 9.95. The largest absolute Gasteiger partial charge is 0.481 e. The van der Waals surface area contributed by atoms with Crippen LogP contribution >= 0.6 is 0 Å². The second-order valence-electron chi connectivity index (χ2n) is 5.67. The minimum absolute atomic E-state index is 0.0446. The minimum atomic E-state index is -0.804. The summed E-state index contributed by atoms with van der Waals surface area (Å²) in [5.41, 5.74) is 0. The average molecular weight is 294 g/mol. The molecule has 0 aromatic carbocycles. The lowest BCUT2D eigenvalue weighted by Crippen LogP contribution is -2.46. The number of urea groups is 1. The number of nitrogens with zero attached hydrogens (tertiary/aromatic N) is 1. The molecule has 2 atom stereocenters. The van der Waals surface area contributed by atoms with Crippen LogP contribution in [0, 0.1) is 12.8 Å². The van der Waals surface area contributed by atoms with Gasteiger partial charge >= 0.3 is 12.0 Å². The van der Waals surface area contributed by atoms with Gasteiger partial charge in [0.2, 0.25) is 0 Å². The number of aliphatic carboxylic acids is 1. The fourth-order valence-electron chi connectivity index (χ4n) is 2.70. The molecule has 1 aliphatic rings. The summed E-state index contributed by atoms with van der Waals surface area (Å²) < 4.78 is 5.50. The number of carbonyl (C=O) groups is 2. The van der Waals surface area contributed by atoms with E-state index in [0.717, 1.165) is 24.4 Å². The van der Waals surface area contributed by atoms with Crippen LogP contribution in [-0.2, 0) is 4.79 Å².